The van der Waals surface area contributed by atoms with E-state index in [9.17, 15) is 0 Å². The van der Waals surface area contributed by atoms with E-state index >= 15 is 0 Å². The Morgan fingerprint density at radius 3 is 2.79 bits per heavy atom. The fraction of sp³-hybridized carbons (Fsp3) is 0.500. The van der Waals surface area contributed by atoms with Gasteiger partial charge in [-0.3, -0.25) is 0 Å². The summed E-state index contributed by atoms with van der Waals surface area (Å²) in [5, 5.41) is 3.47. The molecule has 2 heterocycles. The molecular formula is C10H14ClNOS. The van der Waals surface area contributed by atoms with Crippen molar-refractivity contribution in [2.75, 3.05) is 13.2 Å². The summed E-state index contributed by atoms with van der Waals surface area (Å²) in [7, 11) is 0. The maximum atomic E-state index is 5.72. The summed E-state index contributed by atoms with van der Waals surface area (Å²) in [6.45, 7) is 5.50. The highest BCUT2D eigenvalue weighted by atomic mass is 35.5. The number of ether oxygens (including phenoxy) is 1. The van der Waals surface area contributed by atoms with Gasteiger partial charge in [0.1, 0.15) is 10.2 Å². The van der Waals surface area contributed by atoms with Crippen molar-refractivity contribution < 1.29 is 4.74 Å². The molecule has 0 unspecified atom stereocenters. The van der Waals surface area contributed by atoms with Crippen molar-refractivity contribution in [3.05, 3.63) is 21.6 Å². The molecule has 2 rings (SSSR count). The van der Waals surface area contributed by atoms with Crippen LogP contribution < -0.4 is 0 Å². The molecule has 1 aromatic heterocycles. The molecule has 0 fully saturated rings. The van der Waals surface area contributed by atoms with Gasteiger partial charge in [0.15, 0.2) is 0 Å². The second-order valence-electron chi connectivity index (χ2n) is 2.53. The third kappa shape index (κ3) is 3.08. The first-order valence-electron chi connectivity index (χ1n) is 4.74. The molecule has 0 saturated carbocycles. The molecule has 0 aliphatic carbocycles. The van der Waals surface area contributed by atoms with Gasteiger partial charge in [-0.2, -0.15) is 0 Å². The van der Waals surface area contributed by atoms with Crippen molar-refractivity contribution in [2.45, 2.75) is 20.3 Å². The van der Waals surface area contributed by atoms with E-state index in [1.54, 1.807) is 11.3 Å². The highest BCUT2D eigenvalue weighted by molar-refractivity contribution is 7.11. The van der Waals surface area contributed by atoms with Crippen LogP contribution in [0.5, 0.6) is 0 Å². The molecule has 2 nitrogen and oxygen atoms in total. The number of hydrogen-bond acceptors (Lipinski definition) is 3. The first kappa shape index (κ1) is 11.7. The topological polar surface area (TPSA) is 22.1 Å². The smallest absolute Gasteiger partial charge is 0.140 e. The Hall–Kier alpha value is -0.380. The lowest BCUT2D eigenvalue weighted by Crippen LogP contribution is -2.03. The van der Waals surface area contributed by atoms with Gasteiger partial charge < -0.3 is 4.74 Å². The summed E-state index contributed by atoms with van der Waals surface area (Å²) in [6.07, 6.45) is 3.02. The molecule has 0 amide bonds. The SMILES string of the molecule is CC.Clc1csc(C2=CCOCC2)n1. The third-order valence-electron chi connectivity index (χ3n) is 1.71. The van der Waals surface area contributed by atoms with E-state index in [0.29, 0.717) is 11.8 Å². The standard InChI is InChI=1S/C8H8ClNOS.C2H6/c9-7-5-12-8(10-7)6-1-3-11-4-2-6;1-2/h1,5H,2-4H2;1-2H3. The summed E-state index contributed by atoms with van der Waals surface area (Å²) in [6, 6.07) is 0. The lowest BCUT2D eigenvalue weighted by molar-refractivity contribution is 0.161. The molecule has 1 aliphatic heterocycles. The quantitative estimate of drug-likeness (QED) is 0.737. The van der Waals surface area contributed by atoms with Crippen LogP contribution >= 0.6 is 22.9 Å². The molecule has 0 N–H and O–H groups in total. The van der Waals surface area contributed by atoms with Crippen LogP contribution in [0.2, 0.25) is 5.15 Å². The summed E-state index contributed by atoms with van der Waals surface area (Å²) in [4.78, 5) is 4.19. The second-order valence-corrected chi connectivity index (χ2v) is 3.78. The van der Waals surface area contributed by atoms with E-state index in [-0.39, 0.29) is 0 Å². The van der Waals surface area contributed by atoms with Gasteiger partial charge in [-0.25, -0.2) is 4.98 Å². The van der Waals surface area contributed by atoms with Gasteiger partial charge in [0.25, 0.3) is 0 Å². The van der Waals surface area contributed by atoms with Crippen molar-refractivity contribution >= 4 is 28.5 Å². The molecule has 14 heavy (non-hydrogen) atoms. The first-order valence-corrected chi connectivity index (χ1v) is 6.00. The maximum absolute atomic E-state index is 5.72. The number of rotatable bonds is 1. The van der Waals surface area contributed by atoms with E-state index in [1.165, 1.54) is 5.57 Å². The molecule has 0 radical (unpaired) electrons. The van der Waals surface area contributed by atoms with E-state index in [0.717, 1.165) is 18.0 Å². The normalized spacial score (nSPS) is 15.5. The Kier molecular flexibility index (Phi) is 5.15. The molecule has 0 bridgehead atoms. The van der Waals surface area contributed by atoms with Crippen LogP contribution in [0.25, 0.3) is 5.57 Å². The lowest BCUT2D eigenvalue weighted by atomic mass is 10.2. The Balaban J connectivity index is 0.000000461. The minimum atomic E-state index is 0.586. The Morgan fingerprint density at radius 1 is 1.50 bits per heavy atom. The van der Waals surface area contributed by atoms with Crippen molar-refractivity contribution in [2.24, 2.45) is 0 Å². The predicted molar refractivity (Wildman–Crippen MR) is 61.9 cm³/mol. The highest BCUT2D eigenvalue weighted by Gasteiger charge is 2.09. The summed E-state index contributed by atoms with van der Waals surface area (Å²) < 4.78 is 5.20. The summed E-state index contributed by atoms with van der Waals surface area (Å²) >= 11 is 7.31. The Morgan fingerprint density at radius 2 is 2.29 bits per heavy atom. The van der Waals surface area contributed by atoms with Crippen LogP contribution in [-0.4, -0.2) is 18.2 Å². The van der Waals surface area contributed by atoms with Crippen molar-refractivity contribution in [3.8, 4) is 0 Å². The average Bonchev–Trinajstić information content (AvgIpc) is 2.69. The fourth-order valence-corrected chi connectivity index (χ4v) is 2.14. The van der Waals surface area contributed by atoms with Gasteiger partial charge in [0, 0.05) is 5.38 Å². The monoisotopic (exact) mass is 231 g/mol. The zero-order valence-corrected chi connectivity index (χ0v) is 9.99. The predicted octanol–water partition coefficient (Wildman–Crippen LogP) is 3.63. The zero-order chi connectivity index (χ0) is 10.4. The summed E-state index contributed by atoms with van der Waals surface area (Å²) in [5.41, 5.74) is 1.26. The molecular weight excluding hydrogens is 218 g/mol. The van der Waals surface area contributed by atoms with Crippen LogP contribution in [0.3, 0.4) is 0 Å². The first-order chi connectivity index (χ1) is 6.86. The van der Waals surface area contributed by atoms with E-state index in [4.69, 9.17) is 16.3 Å². The summed E-state index contributed by atoms with van der Waals surface area (Å²) in [5.74, 6) is 0. The Bertz CT molecular complexity index is 309. The minimum absolute atomic E-state index is 0.586. The molecule has 0 atom stereocenters. The van der Waals surface area contributed by atoms with E-state index < -0.39 is 0 Å². The van der Waals surface area contributed by atoms with Gasteiger partial charge in [-0.05, 0) is 12.0 Å². The van der Waals surface area contributed by atoms with Crippen molar-refractivity contribution in [1.29, 1.82) is 0 Å². The van der Waals surface area contributed by atoms with Gasteiger partial charge >= 0.3 is 0 Å². The van der Waals surface area contributed by atoms with E-state index in [1.807, 2.05) is 19.2 Å². The molecule has 1 aliphatic rings. The molecule has 1 aromatic rings. The van der Waals surface area contributed by atoms with Crippen molar-refractivity contribution in [3.63, 3.8) is 0 Å². The van der Waals surface area contributed by atoms with Gasteiger partial charge in [0.2, 0.25) is 0 Å². The van der Waals surface area contributed by atoms with Gasteiger partial charge in [-0.15, -0.1) is 11.3 Å². The maximum Gasteiger partial charge on any atom is 0.140 e. The molecule has 0 aromatic carbocycles. The minimum Gasteiger partial charge on any atom is -0.377 e. The number of halogens is 1. The van der Waals surface area contributed by atoms with Crippen LogP contribution in [0.1, 0.15) is 25.3 Å². The largest absolute Gasteiger partial charge is 0.377 e. The number of thiazole rings is 1. The Labute approximate surface area is 93.6 Å². The lowest BCUT2D eigenvalue weighted by Gasteiger charge is -2.10. The zero-order valence-electron chi connectivity index (χ0n) is 8.42. The fourth-order valence-electron chi connectivity index (χ4n) is 1.12. The number of hydrogen-bond donors (Lipinski definition) is 0. The molecule has 4 heteroatoms. The number of nitrogens with zero attached hydrogens (tertiary/aromatic N) is 1. The van der Waals surface area contributed by atoms with E-state index in [2.05, 4.69) is 11.1 Å². The van der Waals surface area contributed by atoms with Crippen LogP contribution in [0.15, 0.2) is 11.5 Å². The molecule has 78 valence electrons. The highest BCUT2D eigenvalue weighted by Crippen LogP contribution is 2.25. The van der Waals surface area contributed by atoms with Gasteiger partial charge in [0.05, 0.1) is 13.2 Å². The second kappa shape index (κ2) is 6.17. The third-order valence-corrected chi connectivity index (χ3v) is 2.96. The van der Waals surface area contributed by atoms with Crippen LogP contribution in [0.4, 0.5) is 0 Å². The molecule has 0 saturated heterocycles. The number of aromatic nitrogens is 1. The van der Waals surface area contributed by atoms with Crippen LogP contribution in [0, 0.1) is 0 Å². The van der Waals surface area contributed by atoms with Crippen molar-refractivity contribution in [1.82, 2.24) is 4.98 Å². The molecule has 0 spiro atoms. The van der Waals surface area contributed by atoms with Crippen LogP contribution in [-0.2, 0) is 4.74 Å². The van der Waals surface area contributed by atoms with Gasteiger partial charge in [-0.1, -0.05) is 31.5 Å². The average molecular weight is 232 g/mol.